The number of tetrazole rings is 1. The van der Waals surface area contributed by atoms with Crippen LogP contribution < -0.4 is 5.69 Å². The summed E-state index contributed by atoms with van der Waals surface area (Å²) < 4.78 is 4.05. The van der Waals surface area contributed by atoms with Crippen molar-refractivity contribution in [1.82, 2.24) is 34.7 Å². The van der Waals surface area contributed by atoms with E-state index in [-0.39, 0.29) is 17.1 Å². The number of pyridine rings is 1. The maximum Gasteiger partial charge on any atom is 0.328 e. The van der Waals surface area contributed by atoms with Crippen LogP contribution in [0.25, 0.3) is 22.6 Å². The average Bonchev–Trinajstić information content (AvgIpc) is 3.55. The number of nitrogens with one attached hydrogen (secondary N) is 1. The molecule has 1 saturated carbocycles. The molecule has 1 atom stereocenters. The number of aromatic amines is 1. The van der Waals surface area contributed by atoms with Crippen molar-refractivity contribution in [3.63, 3.8) is 0 Å². The van der Waals surface area contributed by atoms with Gasteiger partial charge in [-0.15, -0.1) is 10.2 Å². The Morgan fingerprint density at radius 2 is 1.87 bits per heavy atom. The predicted molar refractivity (Wildman–Crippen MR) is 150 cm³/mol. The average molecular weight is 514 g/mol. The van der Waals surface area contributed by atoms with E-state index in [1.807, 2.05) is 41.1 Å². The lowest BCUT2D eigenvalue weighted by Crippen LogP contribution is -2.36. The van der Waals surface area contributed by atoms with Gasteiger partial charge in [0.1, 0.15) is 0 Å². The van der Waals surface area contributed by atoms with Gasteiger partial charge in [-0.1, -0.05) is 83.2 Å². The third-order valence-corrected chi connectivity index (χ3v) is 8.11. The van der Waals surface area contributed by atoms with E-state index < -0.39 is 0 Å². The molecule has 200 valence electrons. The van der Waals surface area contributed by atoms with Crippen LogP contribution >= 0.6 is 0 Å². The maximum atomic E-state index is 13.9. The molecule has 4 aromatic rings. The summed E-state index contributed by atoms with van der Waals surface area (Å²) in [5.74, 6) is 0.539. The predicted octanol–water partition coefficient (Wildman–Crippen LogP) is 6.20. The van der Waals surface area contributed by atoms with Gasteiger partial charge in [0, 0.05) is 35.3 Å². The number of benzene rings is 1. The van der Waals surface area contributed by atoms with Gasteiger partial charge in [0.2, 0.25) is 5.82 Å². The first-order valence-corrected chi connectivity index (χ1v) is 14.1. The Morgan fingerprint density at radius 3 is 2.61 bits per heavy atom. The molecular weight excluding hydrogens is 474 g/mol. The smallest absolute Gasteiger partial charge is 0.295 e. The second-order valence-electron chi connectivity index (χ2n) is 11.3. The third kappa shape index (κ3) is 5.49. The van der Waals surface area contributed by atoms with Crippen molar-refractivity contribution in [1.29, 1.82) is 0 Å². The molecule has 0 aliphatic heterocycles. The number of hydrogen-bond acceptors (Lipinski definition) is 5. The van der Waals surface area contributed by atoms with Gasteiger partial charge < -0.3 is 0 Å². The van der Waals surface area contributed by atoms with Gasteiger partial charge in [0.15, 0.2) is 0 Å². The van der Waals surface area contributed by atoms with Crippen LogP contribution in [0.2, 0.25) is 0 Å². The highest BCUT2D eigenvalue weighted by atomic mass is 16.1. The lowest BCUT2D eigenvalue weighted by atomic mass is 9.75. The van der Waals surface area contributed by atoms with E-state index in [9.17, 15) is 4.79 Å². The minimum Gasteiger partial charge on any atom is -0.295 e. The third-order valence-electron chi connectivity index (χ3n) is 8.11. The molecule has 3 heterocycles. The van der Waals surface area contributed by atoms with Crippen LogP contribution in [-0.2, 0) is 13.0 Å². The first kappa shape index (κ1) is 26.1. The fraction of sp³-hybridized carbons (Fsp3) is 0.500. The molecule has 8 heteroatoms. The van der Waals surface area contributed by atoms with Gasteiger partial charge in [-0.2, -0.15) is 5.21 Å². The van der Waals surface area contributed by atoms with E-state index in [0.717, 1.165) is 60.2 Å². The highest BCUT2D eigenvalue weighted by Gasteiger charge is 2.33. The first-order chi connectivity index (χ1) is 18.5. The van der Waals surface area contributed by atoms with Gasteiger partial charge in [0.05, 0.1) is 12.2 Å². The van der Waals surface area contributed by atoms with Crippen LogP contribution in [0.15, 0.2) is 53.6 Å². The Balaban J connectivity index is 1.45. The molecule has 3 aromatic heterocycles. The largest absolute Gasteiger partial charge is 0.328 e. The van der Waals surface area contributed by atoms with Crippen LogP contribution in [0, 0.1) is 5.41 Å². The van der Waals surface area contributed by atoms with Crippen LogP contribution in [0.1, 0.15) is 89.4 Å². The molecule has 1 aliphatic carbocycles. The second-order valence-corrected chi connectivity index (χ2v) is 11.3. The van der Waals surface area contributed by atoms with Crippen LogP contribution in [0.5, 0.6) is 0 Å². The molecule has 38 heavy (non-hydrogen) atoms. The van der Waals surface area contributed by atoms with Crippen molar-refractivity contribution in [2.45, 2.75) is 91.1 Å². The summed E-state index contributed by atoms with van der Waals surface area (Å²) in [5, 5.41) is 14.5. The van der Waals surface area contributed by atoms with E-state index >= 15 is 0 Å². The molecule has 0 spiro atoms. The molecule has 0 saturated heterocycles. The highest BCUT2D eigenvalue weighted by molar-refractivity contribution is 5.78. The quantitative estimate of drug-likeness (QED) is 0.302. The van der Waals surface area contributed by atoms with E-state index in [4.69, 9.17) is 4.98 Å². The molecule has 1 fully saturated rings. The molecule has 0 radical (unpaired) electrons. The van der Waals surface area contributed by atoms with Crippen LogP contribution in [0.4, 0.5) is 0 Å². The zero-order chi connectivity index (χ0) is 26.5. The van der Waals surface area contributed by atoms with E-state index in [1.54, 1.807) is 0 Å². The standard InChI is InChI=1S/C30H39N7O/c1-4-5-12-23-21-37(27-15-8-6-7-11-18-30(27,2)3)29(38)36(23)20-22-16-17-26(31-19-22)24-13-9-10-14-25(24)28-32-34-35-33-28/h9-10,13-14,16-17,19,21,27H,4-8,11-12,15,18,20H2,1-3H3,(H,32,33,34,35). The number of aromatic nitrogens is 7. The second kappa shape index (κ2) is 11.5. The topological polar surface area (TPSA) is 94.3 Å². The Morgan fingerprint density at radius 1 is 1.05 bits per heavy atom. The Bertz CT molecular complexity index is 1380. The summed E-state index contributed by atoms with van der Waals surface area (Å²) >= 11 is 0. The lowest BCUT2D eigenvalue weighted by molar-refractivity contribution is 0.162. The summed E-state index contributed by atoms with van der Waals surface area (Å²) in [7, 11) is 0. The Hall–Kier alpha value is -3.55. The fourth-order valence-corrected chi connectivity index (χ4v) is 5.88. The number of rotatable bonds is 8. The Kier molecular flexibility index (Phi) is 7.86. The van der Waals surface area contributed by atoms with Gasteiger partial charge in [0.25, 0.3) is 0 Å². The molecule has 0 amide bonds. The molecule has 0 bridgehead atoms. The molecule has 1 aliphatic rings. The van der Waals surface area contributed by atoms with E-state index in [0.29, 0.717) is 12.4 Å². The minimum absolute atomic E-state index is 0.105. The fourth-order valence-electron chi connectivity index (χ4n) is 5.88. The summed E-state index contributed by atoms with van der Waals surface area (Å²) in [6.07, 6.45) is 14.4. The summed E-state index contributed by atoms with van der Waals surface area (Å²) in [6.45, 7) is 7.41. The van der Waals surface area contributed by atoms with Crippen molar-refractivity contribution in [2.75, 3.05) is 0 Å². The molecule has 5 rings (SSSR count). The number of aryl methyl sites for hydroxylation is 1. The monoisotopic (exact) mass is 513 g/mol. The van der Waals surface area contributed by atoms with Crippen molar-refractivity contribution < 1.29 is 0 Å². The molecule has 1 aromatic carbocycles. The summed E-state index contributed by atoms with van der Waals surface area (Å²) in [4.78, 5) is 18.7. The van der Waals surface area contributed by atoms with Gasteiger partial charge in [-0.05, 0) is 47.9 Å². The van der Waals surface area contributed by atoms with Gasteiger partial charge in [-0.25, -0.2) is 4.79 Å². The zero-order valence-electron chi connectivity index (χ0n) is 22.9. The maximum absolute atomic E-state index is 13.9. The van der Waals surface area contributed by atoms with Gasteiger partial charge >= 0.3 is 5.69 Å². The minimum atomic E-state index is 0.105. The number of nitrogens with zero attached hydrogens (tertiary/aromatic N) is 6. The highest BCUT2D eigenvalue weighted by Crippen LogP contribution is 2.41. The van der Waals surface area contributed by atoms with Gasteiger partial charge in [-0.3, -0.25) is 14.1 Å². The number of H-pyrrole nitrogens is 1. The van der Waals surface area contributed by atoms with E-state index in [1.165, 1.54) is 25.7 Å². The number of unbranched alkanes of at least 4 members (excludes halogenated alkanes) is 1. The lowest BCUT2D eigenvalue weighted by Gasteiger charge is -2.36. The van der Waals surface area contributed by atoms with Crippen molar-refractivity contribution in [2.24, 2.45) is 5.41 Å². The van der Waals surface area contributed by atoms with Crippen LogP contribution in [0.3, 0.4) is 0 Å². The van der Waals surface area contributed by atoms with Crippen LogP contribution in [-0.4, -0.2) is 34.7 Å². The first-order valence-electron chi connectivity index (χ1n) is 14.1. The molecule has 8 nitrogen and oxygen atoms in total. The van der Waals surface area contributed by atoms with Crippen molar-refractivity contribution in [3.05, 3.63) is 70.5 Å². The molecule has 1 N–H and O–H groups in total. The van der Waals surface area contributed by atoms with E-state index in [2.05, 4.69) is 58.2 Å². The SMILES string of the molecule is CCCCc1cn(C2CCCCCCC2(C)C)c(=O)n1Cc1ccc(-c2ccccc2-c2nn[nH]n2)nc1. The van der Waals surface area contributed by atoms with Crippen molar-refractivity contribution >= 4 is 0 Å². The molecule has 1 unspecified atom stereocenters. The van der Waals surface area contributed by atoms with Crippen molar-refractivity contribution in [3.8, 4) is 22.6 Å². The Labute approximate surface area is 224 Å². The summed E-state index contributed by atoms with van der Waals surface area (Å²) in [5.41, 5.74) is 5.01. The number of imidazole rings is 1. The summed E-state index contributed by atoms with van der Waals surface area (Å²) in [6, 6.07) is 12.2. The molecular formula is C30H39N7O. The normalized spacial score (nSPS) is 17.7. The zero-order valence-corrected chi connectivity index (χ0v) is 22.9. The number of hydrogen-bond donors (Lipinski definition) is 1.